The fourth-order valence-electron chi connectivity index (χ4n) is 0.708. The van der Waals surface area contributed by atoms with Crippen molar-refractivity contribution in [2.45, 2.75) is 0 Å². The minimum absolute atomic E-state index is 0.369. The van der Waals surface area contributed by atoms with Gasteiger partial charge in [-0.25, -0.2) is 0 Å². The Kier molecular flexibility index (Phi) is 1.50. The molecule has 0 saturated carbocycles. The molecule has 0 amide bonds. The van der Waals surface area contributed by atoms with Gasteiger partial charge in [0.1, 0.15) is 6.26 Å². The fourth-order valence-corrected chi connectivity index (χ4v) is 0.941. The van der Waals surface area contributed by atoms with Crippen LogP contribution in [-0.2, 0) is 0 Å². The minimum atomic E-state index is 0.369. The van der Waals surface area contributed by atoms with Gasteiger partial charge in [0.05, 0.1) is 11.8 Å². The Morgan fingerprint density at radius 3 is 2.82 bits per heavy atom. The van der Waals surface area contributed by atoms with Crippen molar-refractivity contribution in [2.75, 3.05) is 0 Å². The predicted octanol–water partition coefficient (Wildman–Crippen LogP) is 2.09. The number of hydrogen-bond donors (Lipinski definition) is 0. The highest BCUT2D eigenvalue weighted by atomic mass is 79.9. The summed E-state index contributed by atoms with van der Waals surface area (Å²) in [4.78, 5) is 0.369. The van der Waals surface area contributed by atoms with E-state index in [2.05, 4.69) is 26.1 Å². The second-order valence-corrected chi connectivity index (χ2v) is 2.55. The molecular weight excluding hydrogens is 212 g/mol. The van der Waals surface area contributed by atoms with Crippen molar-refractivity contribution in [2.24, 2.45) is 0 Å². The Hall–Kier alpha value is -1.10. The van der Waals surface area contributed by atoms with E-state index in [1.54, 1.807) is 18.6 Å². The molecule has 0 radical (unpaired) electrons. The van der Waals surface area contributed by atoms with Gasteiger partial charge in [-0.3, -0.25) is 0 Å². The highest BCUT2D eigenvalue weighted by Crippen LogP contribution is 2.19. The number of nitrogens with zero attached hydrogens (tertiary/aromatic N) is 2. The molecule has 2 rings (SSSR count). The smallest absolute Gasteiger partial charge is 0.285 e. The van der Waals surface area contributed by atoms with E-state index in [9.17, 15) is 0 Å². The van der Waals surface area contributed by atoms with Gasteiger partial charge in [0.15, 0.2) is 0 Å². The van der Waals surface area contributed by atoms with Crippen LogP contribution in [0.2, 0.25) is 0 Å². The summed E-state index contributed by atoms with van der Waals surface area (Å²) < 4.78 is 9.90. The molecule has 0 bridgehead atoms. The summed E-state index contributed by atoms with van der Waals surface area (Å²) in [6, 6.07) is 1.75. The molecule has 0 atom stereocenters. The van der Waals surface area contributed by atoms with Crippen molar-refractivity contribution in [3.63, 3.8) is 0 Å². The number of rotatable bonds is 1. The van der Waals surface area contributed by atoms with Crippen LogP contribution in [0.4, 0.5) is 0 Å². The summed E-state index contributed by atoms with van der Waals surface area (Å²) in [6.45, 7) is 0. The first kappa shape index (κ1) is 6.60. The molecular formula is C6H3BrN2O2. The van der Waals surface area contributed by atoms with Gasteiger partial charge >= 0.3 is 0 Å². The maximum atomic E-state index is 5.06. The van der Waals surface area contributed by atoms with Crippen LogP contribution in [0.15, 0.2) is 32.2 Å². The first-order valence-electron chi connectivity index (χ1n) is 2.88. The van der Waals surface area contributed by atoms with E-state index in [-0.39, 0.29) is 0 Å². The van der Waals surface area contributed by atoms with Crippen molar-refractivity contribution >= 4 is 15.9 Å². The third-order valence-corrected chi connectivity index (χ3v) is 1.49. The van der Waals surface area contributed by atoms with Crippen LogP contribution >= 0.6 is 15.9 Å². The summed E-state index contributed by atoms with van der Waals surface area (Å²) in [5, 5.41) is 7.37. The number of furan rings is 1. The third-order valence-electron chi connectivity index (χ3n) is 1.17. The second kappa shape index (κ2) is 2.50. The Bertz CT molecular complexity index is 341. The summed E-state index contributed by atoms with van der Waals surface area (Å²) in [6.07, 6.45) is 3.09. The molecule has 0 aliphatic rings. The lowest BCUT2D eigenvalue weighted by atomic mass is 10.3. The van der Waals surface area contributed by atoms with Crippen molar-refractivity contribution in [3.8, 4) is 11.5 Å². The number of aromatic nitrogens is 2. The Labute approximate surface area is 70.4 Å². The molecule has 5 heteroatoms. The Morgan fingerprint density at radius 1 is 1.36 bits per heavy atom. The molecule has 56 valence electrons. The normalized spacial score (nSPS) is 10.3. The van der Waals surface area contributed by atoms with Crippen molar-refractivity contribution in [1.82, 2.24) is 10.2 Å². The Balaban J connectivity index is 2.45. The van der Waals surface area contributed by atoms with Crippen LogP contribution in [-0.4, -0.2) is 10.2 Å². The van der Waals surface area contributed by atoms with Gasteiger partial charge in [0.2, 0.25) is 0 Å². The van der Waals surface area contributed by atoms with E-state index < -0.39 is 0 Å². The zero-order valence-electron chi connectivity index (χ0n) is 5.32. The van der Waals surface area contributed by atoms with E-state index in [1.165, 1.54) is 0 Å². The van der Waals surface area contributed by atoms with Gasteiger partial charge in [-0.1, -0.05) is 0 Å². The van der Waals surface area contributed by atoms with Crippen LogP contribution in [0.3, 0.4) is 0 Å². The summed E-state index contributed by atoms with van der Waals surface area (Å²) in [5.41, 5.74) is 0.781. The molecule has 2 aromatic rings. The van der Waals surface area contributed by atoms with Crippen LogP contribution in [0.25, 0.3) is 11.5 Å². The largest absolute Gasteiger partial charge is 0.472 e. The van der Waals surface area contributed by atoms with Gasteiger partial charge < -0.3 is 8.83 Å². The third kappa shape index (κ3) is 1.19. The van der Waals surface area contributed by atoms with Gasteiger partial charge in [-0.15, -0.1) is 10.2 Å². The number of hydrogen-bond acceptors (Lipinski definition) is 4. The minimum Gasteiger partial charge on any atom is -0.472 e. The molecule has 11 heavy (non-hydrogen) atoms. The maximum Gasteiger partial charge on any atom is 0.285 e. The molecule has 0 aliphatic heterocycles. The molecule has 2 aromatic heterocycles. The monoisotopic (exact) mass is 214 g/mol. The second-order valence-electron chi connectivity index (χ2n) is 1.87. The molecule has 0 saturated heterocycles. The molecule has 2 heterocycles. The standard InChI is InChI=1S/C6H3BrN2O2/c7-6-9-8-5(11-6)4-1-2-10-3-4/h1-3H. The molecule has 0 N–H and O–H groups in total. The predicted molar refractivity (Wildman–Crippen MR) is 39.7 cm³/mol. The van der Waals surface area contributed by atoms with E-state index >= 15 is 0 Å². The van der Waals surface area contributed by atoms with Crippen LogP contribution < -0.4 is 0 Å². The molecule has 0 unspecified atom stereocenters. The summed E-state index contributed by atoms with van der Waals surface area (Å²) in [7, 11) is 0. The molecule has 0 aliphatic carbocycles. The van der Waals surface area contributed by atoms with E-state index in [4.69, 9.17) is 8.83 Å². The molecule has 0 fully saturated rings. The average Bonchev–Trinajstić information content (AvgIpc) is 2.55. The van der Waals surface area contributed by atoms with Crippen LogP contribution in [0.5, 0.6) is 0 Å². The topological polar surface area (TPSA) is 52.1 Å². The highest BCUT2D eigenvalue weighted by molar-refractivity contribution is 9.10. The van der Waals surface area contributed by atoms with Gasteiger partial charge in [-0.2, -0.15) is 0 Å². The SMILES string of the molecule is Brc1nnc(-c2ccoc2)o1. The summed E-state index contributed by atoms with van der Waals surface area (Å²) >= 11 is 3.05. The lowest BCUT2D eigenvalue weighted by Crippen LogP contribution is -1.71. The van der Waals surface area contributed by atoms with Gasteiger partial charge in [-0.05, 0) is 6.07 Å². The first-order valence-corrected chi connectivity index (χ1v) is 3.67. The van der Waals surface area contributed by atoms with Crippen molar-refractivity contribution in [1.29, 1.82) is 0 Å². The van der Waals surface area contributed by atoms with Crippen LogP contribution in [0.1, 0.15) is 0 Å². The first-order chi connectivity index (χ1) is 5.36. The molecule has 0 spiro atoms. The van der Waals surface area contributed by atoms with E-state index in [0.29, 0.717) is 10.7 Å². The zero-order chi connectivity index (χ0) is 7.68. The molecule has 0 aromatic carbocycles. The van der Waals surface area contributed by atoms with Gasteiger partial charge in [0.25, 0.3) is 10.7 Å². The number of halogens is 1. The lowest BCUT2D eigenvalue weighted by Gasteiger charge is -1.80. The highest BCUT2D eigenvalue weighted by Gasteiger charge is 2.06. The maximum absolute atomic E-state index is 5.06. The van der Waals surface area contributed by atoms with E-state index in [1.807, 2.05) is 0 Å². The molecule has 4 nitrogen and oxygen atoms in total. The van der Waals surface area contributed by atoms with Gasteiger partial charge in [0, 0.05) is 15.9 Å². The van der Waals surface area contributed by atoms with Crippen LogP contribution in [0, 0.1) is 0 Å². The van der Waals surface area contributed by atoms with Crippen molar-refractivity contribution < 1.29 is 8.83 Å². The Morgan fingerprint density at radius 2 is 2.27 bits per heavy atom. The fraction of sp³-hybridized carbons (Fsp3) is 0. The van der Waals surface area contributed by atoms with E-state index in [0.717, 1.165) is 5.56 Å². The summed E-state index contributed by atoms with van der Waals surface area (Å²) in [5.74, 6) is 0.450. The lowest BCUT2D eigenvalue weighted by molar-refractivity contribution is 0.535. The van der Waals surface area contributed by atoms with Crippen molar-refractivity contribution in [3.05, 3.63) is 23.4 Å². The zero-order valence-corrected chi connectivity index (χ0v) is 6.91. The quantitative estimate of drug-likeness (QED) is 0.730. The average molecular weight is 215 g/mol.